The van der Waals surface area contributed by atoms with Gasteiger partial charge in [0.1, 0.15) is 0 Å². The standard InChI is InChI=1S/C15H28N4O/c1-5-14-13(15(6-2)19(4)17-14)10-16-9-12-11-18(3)7-8-20-12/h12,16H,5-11H2,1-4H3/t12-/m1/s1. The van der Waals surface area contributed by atoms with Crippen molar-refractivity contribution >= 4 is 0 Å². The number of morpholine rings is 1. The Hall–Kier alpha value is -0.910. The molecule has 1 N–H and O–H groups in total. The van der Waals surface area contributed by atoms with E-state index in [1.54, 1.807) is 0 Å². The monoisotopic (exact) mass is 280 g/mol. The normalized spacial score (nSPS) is 20.5. The smallest absolute Gasteiger partial charge is 0.0826 e. The lowest BCUT2D eigenvalue weighted by atomic mass is 10.1. The summed E-state index contributed by atoms with van der Waals surface area (Å²) in [5.74, 6) is 0. The summed E-state index contributed by atoms with van der Waals surface area (Å²) in [6.07, 6.45) is 2.33. The maximum atomic E-state index is 5.78. The molecule has 0 bridgehead atoms. The van der Waals surface area contributed by atoms with Gasteiger partial charge >= 0.3 is 0 Å². The van der Waals surface area contributed by atoms with Gasteiger partial charge in [0.2, 0.25) is 0 Å². The molecule has 1 atom stereocenters. The molecule has 0 spiro atoms. The summed E-state index contributed by atoms with van der Waals surface area (Å²) in [5, 5.41) is 8.16. The molecule has 0 radical (unpaired) electrons. The van der Waals surface area contributed by atoms with E-state index in [0.29, 0.717) is 6.10 Å². The first-order valence-electron chi connectivity index (χ1n) is 7.70. The number of hydrogen-bond acceptors (Lipinski definition) is 4. The average molecular weight is 280 g/mol. The third-order valence-electron chi connectivity index (χ3n) is 4.04. The lowest BCUT2D eigenvalue weighted by Crippen LogP contribution is -2.44. The van der Waals surface area contributed by atoms with Gasteiger partial charge in [-0.2, -0.15) is 5.10 Å². The van der Waals surface area contributed by atoms with E-state index in [2.05, 4.69) is 36.2 Å². The Morgan fingerprint density at radius 3 is 2.75 bits per heavy atom. The van der Waals surface area contributed by atoms with Crippen LogP contribution in [0.5, 0.6) is 0 Å². The number of nitrogens with zero attached hydrogens (tertiary/aromatic N) is 3. The number of nitrogens with one attached hydrogen (secondary N) is 1. The van der Waals surface area contributed by atoms with E-state index in [4.69, 9.17) is 4.74 Å². The zero-order valence-electron chi connectivity index (χ0n) is 13.3. The number of hydrogen-bond donors (Lipinski definition) is 1. The van der Waals surface area contributed by atoms with Gasteiger partial charge in [0, 0.05) is 44.5 Å². The predicted molar refractivity (Wildman–Crippen MR) is 80.9 cm³/mol. The third-order valence-corrected chi connectivity index (χ3v) is 4.04. The molecule has 5 nitrogen and oxygen atoms in total. The first kappa shape index (κ1) is 15.5. The van der Waals surface area contributed by atoms with Crippen molar-refractivity contribution < 1.29 is 4.74 Å². The molecule has 1 aliphatic heterocycles. The molecular formula is C15H28N4O. The van der Waals surface area contributed by atoms with Gasteiger partial charge in [-0.3, -0.25) is 4.68 Å². The fourth-order valence-corrected chi connectivity index (χ4v) is 2.94. The molecular weight excluding hydrogens is 252 g/mol. The summed E-state index contributed by atoms with van der Waals surface area (Å²) >= 11 is 0. The SMILES string of the molecule is CCc1nn(C)c(CC)c1CNC[C@@H]1CN(C)CCO1. The summed E-state index contributed by atoms with van der Waals surface area (Å²) in [6.45, 7) is 9.06. The molecule has 1 aliphatic rings. The highest BCUT2D eigenvalue weighted by Gasteiger charge is 2.18. The first-order valence-corrected chi connectivity index (χ1v) is 7.70. The molecule has 2 heterocycles. The summed E-state index contributed by atoms with van der Waals surface area (Å²) in [4.78, 5) is 2.33. The van der Waals surface area contributed by atoms with Crippen LogP contribution in [0.3, 0.4) is 0 Å². The minimum atomic E-state index is 0.306. The first-order chi connectivity index (χ1) is 9.65. The van der Waals surface area contributed by atoms with Crippen molar-refractivity contribution in [2.75, 3.05) is 33.3 Å². The number of rotatable bonds is 6. The van der Waals surface area contributed by atoms with Crippen molar-refractivity contribution in [2.45, 2.75) is 39.3 Å². The van der Waals surface area contributed by atoms with Crippen LogP contribution in [0.1, 0.15) is 30.8 Å². The van der Waals surface area contributed by atoms with E-state index in [-0.39, 0.29) is 0 Å². The Bertz CT molecular complexity index is 430. The van der Waals surface area contributed by atoms with Crippen molar-refractivity contribution in [3.8, 4) is 0 Å². The largest absolute Gasteiger partial charge is 0.374 e. The minimum absolute atomic E-state index is 0.306. The highest BCUT2D eigenvalue weighted by Crippen LogP contribution is 2.15. The Labute approximate surface area is 122 Å². The molecule has 0 unspecified atom stereocenters. The lowest BCUT2D eigenvalue weighted by Gasteiger charge is -2.30. The molecule has 0 aromatic carbocycles. The van der Waals surface area contributed by atoms with Crippen LogP contribution in [-0.2, 0) is 31.2 Å². The quantitative estimate of drug-likeness (QED) is 0.843. The molecule has 114 valence electrons. The fourth-order valence-electron chi connectivity index (χ4n) is 2.94. The van der Waals surface area contributed by atoms with Gasteiger partial charge in [-0.05, 0) is 19.9 Å². The van der Waals surface area contributed by atoms with Gasteiger partial charge in [-0.1, -0.05) is 13.8 Å². The van der Waals surface area contributed by atoms with Crippen LogP contribution < -0.4 is 5.32 Å². The van der Waals surface area contributed by atoms with Gasteiger partial charge in [0.05, 0.1) is 18.4 Å². The van der Waals surface area contributed by atoms with E-state index < -0.39 is 0 Å². The predicted octanol–water partition coefficient (Wildman–Crippen LogP) is 0.965. The molecule has 5 heteroatoms. The number of likely N-dealkylation sites (N-methyl/N-ethyl adjacent to an activating group) is 1. The van der Waals surface area contributed by atoms with Crippen LogP contribution in [0.4, 0.5) is 0 Å². The third kappa shape index (κ3) is 3.59. The second kappa shape index (κ2) is 7.20. The zero-order chi connectivity index (χ0) is 14.5. The van der Waals surface area contributed by atoms with Gasteiger partial charge in [-0.15, -0.1) is 0 Å². The van der Waals surface area contributed by atoms with Crippen LogP contribution >= 0.6 is 0 Å². The Morgan fingerprint density at radius 2 is 2.10 bits per heavy atom. The summed E-state index contributed by atoms with van der Waals surface area (Å²) in [5.41, 5.74) is 3.94. The van der Waals surface area contributed by atoms with Crippen molar-refractivity contribution in [1.29, 1.82) is 0 Å². The molecule has 0 saturated carbocycles. The van der Waals surface area contributed by atoms with Crippen molar-refractivity contribution in [3.63, 3.8) is 0 Å². The van der Waals surface area contributed by atoms with Gasteiger partial charge < -0.3 is 15.0 Å². The van der Waals surface area contributed by atoms with Crippen LogP contribution in [0.2, 0.25) is 0 Å². The minimum Gasteiger partial charge on any atom is -0.374 e. The van der Waals surface area contributed by atoms with E-state index in [0.717, 1.165) is 45.6 Å². The summed E-state index contributed by atoms with van der Waals surface area (Å²) in [6, 6.07) is 0. The van der Waals surface area contributed by atoms with Gasteiger partial charge in [0.25, 0.3) is 0 Å². The van der Waals surface area contributed by atoms with Crippen molar-refractivity contribution in [2.24, 2.45) is 7.05 Å². The second-order valence-electron chi connectivity index (χ2n) is 5.59. The maximum Gasteiger partial charge on any atom is 0.0826 e. The van der Waals surface area contributed by atoms with Crippen LogP contribution in [0, 0.1) is 0 Å². The van der Waals surface area contributed by atoms with E-state index in [1.165, 1.54) is 17.0 Å². The highest BCUT2D eigenvalue weighted by molar-refractivity contribution is 5.26. The average Bonchev–Trinajstić information content (AvgIpc) is 2.74. The van der Waals surface area contributed by atoms with Crippen molar-refractivity contribution in [3.05, 3.63) is 17.0 Å². The van der Waals surface area contributed by atoms with E-state index >= 15 is 0 Å². The molecule has 20 heavy (non-hydrogen) atoms. The molecule has 2 rings (SSSR count). The van der Waals surface area contributed by atoms with E-state index in [1.807, 2.05) is 11.7 Å². The Kier molecular flexibility index (Phi) is 5.57. The highest BCUT2D eigenvalue weighted by atomic mass is 16.5. The summed E-state index contributed by atoms with van der Waals surface area (Å²) < 4.78 is 7.81. The molecule has 0 amide bonds. The Balaban J connectivity index is 1.90. The Morgan fingerprint density at radius 1 is 1.30 bits per heavy atom. The van der Waals surface area contributed by atoms with E-state index in [9.17, 15) is 0 Å². The molecule has 1 aromatic heterocycles. The topological polar surface area (TPSA) is 42.3 Å². The van der Waals surface area contributed by atoms with Gasteiger partial charge in [-0.25, -0.2) is 0 Å². The fraction of sp³-hybridized carbons (Fsp3) is 0.800. The van der Waals surface area contributed by atoms with Crippen LogP contribution in [-0.4, -0.2) is 54.1 Å². The van der Waals surface area contributed by atoms with Crippen molar-refractivity contribution in [1.82, 2.24) is 20.0 Å². The zero-order valence-corrected chi connectivity index (χ0v) is 13.3. The molecule has 1 aromatic rings. The number of ether oxygens (including phenoxy) is 1. The molecule has 1 fully saturated rings. The number of aryl methyl sites for hydroxylation is 2. The molecule has 0 aliphatic carbocycles. The van der Waals surface area contributed by atoms with Crippen LogP contribution in [0.25, 0.3) is 0 Å². The van der Waals surface area contributed by atoms with Crippen LogP contribution in [0.15, 0.2) is 0 Å². The second-order valence-corrected chi connectivity index (χ2v) is 5.59. The maximum absolute atomic E-state index is 5.78. The molecule has 1 saturated heterocycles. The van der Waals surface area contributed by atoms with Gasteiger partial charge in [0.15, 0.2) is 0 Å². The summed E-state index contributed by atoms with van der Waals surface area (Å²) in [7, 11) is 4.20. The number of aromatic nitrogens is 2. The lowest BCUT2D eigenvalue weighted by molar-refractivity contribution is -0.0182.